The molecule has 0 bridgehead atoms. The number of benzene rings is 2. The van der Waals surface area contributed by atoms with Gasteiger partial charge in [0, 0.05) is 5.56 Å². The summed E-state index contributed by atoms with van der Waals surface area (Å²) >= 11 is 6.03. The van der Waals surface area contributed by atoms with Crippen LogP contribution in [0.2, 0.25) is 5.02 Å². The molecule has 0 aliphatic rings. The molecule has 2 aromatic carbocycles. The third-order valence-corrected chi connectivity index (χ3v) is 3.20. The van der Waals surface area contributed by atoms with Crippen molar-refractivity contribution in [3.63, 3.8) is 0 Å². The van der Waals surface area contributed by atoms with Gasteiger partial charge in [-0.05, 0) is 54.8 Å². The van der Waals surface area contributed by atoms with Crippen LogP contribution in [0.15, 0.2) is 30.3 Å². The van der Waals surface area contributed by atoms with E-state index in [1.807, 2.05) is 6.07 Å². The zero-order chi connectivity index (χ0) is 14.2. The molecule has 98 valence electrons. The number of halogens is 2. The highest BCUT2D eigenvalue weighted by Crippen LogP contribution is 2.31. The molecule has 0 unspecified atom stereocenters. The molecule has 1 N–H and O–H groups in total. The van der Waals surface area contributed by atoms with Crippen molar-refractivity contribution in [3.8, 4) is 11.1 Å². The molecule has 0 aliphatic heterocycles. The first-order valence-corrected chi connectivity index (χ1v) is 6.07. The first-order chi connectivity index (χ1) is 8.88. The molecule has 0 radical (unpaired) electrons. The summed E-state index contributed by atoms with van der Waals surface area (Å²) in [7, 11) is 0. The van der Waals surface area contributed by atoms with Crippen molar-refractivity contribution >= 4 is 17.6 Å². The van der Waals surface area contributed by atoms with E-state index in [2.05, 4.69) is 0 Å². The lowest BCUT2D eigenvalue weighted by Crippen LogP contribution is -1.97. The van der Waals surface area contributed by atoms with Gasteiger partial charge in [-0.25, -0.2) is 9.18 Å². The van der Waals surface area contributed by atoms with Crippen LogP contribution in [0.5, 0.6) is 0 Å². The van der Waals surface area contributed by atoms with Crippen LogP contribution in [0, 0.1) is 19.7 Å². The highest BCUT2D eigenvalue weighted by atomic mass is 35.5. The molecule has 0 spiro atoms. The van der Waals surface area contributed by atoms with Gasteiger partial charge < -0.3 is 5.11 Å². The van der Waals surface area contributed by atoms with E-state index in [1.54, 1.807) is 26.0 Å². The summed E-state index contributed by atoms with van der Waals surface area (Å²) < 4.78 is 13.4. The minimum atomic E-state index is -1.00. The van der Waals surface area contributed by atoms with E-state index >= 15 is 0 Å². The Morgan fingerprint density at radius 3 is 2.47 bits per heavy atom. The molecule has 0 aliphatic carbocycles. The summed E-state index contributed by atoms with van der Waals surface area (Å²) in [6.45, 7) is 3.45. The molecule has 2 nitrogen and oxygen atoms in total. The Morgan fingerprint density at radius 2 is 1.84 bits per heavy atom. The maximum absolute atomic E-state index is 13.4. The maximum atomic E-state index is 13.4. The van der Waals surface area contributed by atoms with E-state index in [-0.39, 0.29) is 16.4 Å². The molecule has 0 fully saturated rings. The van der Waals surface area contributed by atoms with Crippen LogP contribution in [-0.4, -0.2) is 11.1 Å². The molecule has 0 saturated carbocycles. The van der Waals surface area contributed by atoms with Gasteiger partial charge in [-0.15, -0.1) is 0 Å². The fraction of sp³-hybridized carbons (Fsp3) is 0.133. The topological polar surface area (TPSA) is 37.3 Å². The third kappa shape index (κ3) is 2.76. The molecule has 19 heavy (non-hydrogen) atoms. The molecule has 2 aromatic rings. The highest BCUT2D eigenvalue weighted by Gasteiger charge is 2.11. The van der Waals surface area contributed by atoms with Gasteiger partial charge in [0.05, 0.1) is 10.6 Å². The Hall–Kier alpha value is -1.87. The van der Waals surface area contributed by atoms with Crippen LogP contribution in [0.3, 0.4) is 0 Å². The summed E-state index contributed by atoms with van der Waals surface area (Å²) in [5, 5.41) is 9.32. The first kappa shape index (κ1) is 13.6. The summed E-state index contributed by atoms with van der Waals surface area (Å²) in [5.41, 5.74) is 2.77. The van der Waals surface area contributed by atoms with Gasteiger partial charge in [-0.1, -0.05) is 17.7 Å². The average molecular weight is 279 g/mol. The quantitative estimate of drug-likeness (QED) is 0.880. The molecule has 0 aromatic heterocycles. The Morgan fingerprint density at radius 1 is 1.16 bits per heavy atom. The predicted molar refractivity (Wildman–Crippen MR) is 73.3 cm³/mol. The van der Waals surface area contributed by atoms with Gasteiger partial charge in [0.1, 0.15) is 5.82 Å². The second kappa shape index (κ2) is 5.02. The Bertz CT molecular complexity index is 665. The lowest BCUT2D eigenvalue weighted by Gasteiger charge is -2.09. The van der Waals surface area contributed by atoms with Gasteiger partial charge in [0.2, 0.25) is 0 Å². The van der Waals surface area contributed by atoms with Crippen LogP contribution in [-0.2, 0) is 0 Å². The van der Waals surface area contributed by atoms with E-state index in [0.29, 0.717) is 16.7 Å². The van der Waals surface area contributed by atoms with Crippen molar-refractivity contribution in [1.82, 2.24) is 0 Å². The van der Waals surface area contributed by atoms with Crippen molar-refractivity contribution in [3.05, 3.63) is 57.9 Å². The molecular formula is C15H12ClFO2. The normalized spacial score (nSPS) is 10.5. The van der Waals surface area contributed by atoms with Gasteiger partial charge in [-0.2, -0.15) is 0 Å². The van der Waals surface area contributed by atoms with Crippen molar-refractivity contribution in [2.24, 2.45) is 0 Å². The molecular weight excluding hydrogens is 267 g/mol. The van der Waals surface area contributed by atoms with Crippen LogP contribution in [0.1, 0.15) is 21.5 Å². The average Bonchev–Trinajstić information content (AvgIpc) is 2.33. The van der Waals surface area contributed by atoms with Gasteiger partial charge >= 0.3 is 5.97 Å². The number of aryl methyl sites for hydroxylation is 2. The molecule has 0 saturated heterocycles. The van der Waals surface area contributed by atoms with Gasteiger partial charge in [0.25, 0.3) is 0 Å². The van der Waals surface area contributed by atoms with Crippen LogP contribution < -0.4 is 0 Å². The van der Waals surface area contributed by atoms with E-state index in [1.165, 1.54) is 12.1 Å². The fourth-order valence-corrected chi connectivity index (χ4v) is 2.20. The summed E-state index contributed by atoms with van der Waals surface area (Å²) in [4.78, 5) is 11.0. The fourth-order valence-electron chi connectivity index (χ4n) is 1.94. The SMILES string of the molecule is Cc1cc(C(=O)O)cc(-c2cc(C)c(F)cc2Cl)c1. The van der Waals surface area contributed by atoms with Crippen molar-refractivity contribution < 1.29 is 14.3 Å². The smallest absolute Gasteiger partial charge is 0.335 e. The largest absolute Gasteiger partial charge is 0.478 e. The molecule has 2 rings (SSSR count). The Kier molecular flexibility index (Phi) is 3.58. The summed E-state index contributed by atoms with van der Waals surface area (Å²) in [6, 6.07) is 7.81. The second-order valence-electron chi connectivity index (χ2n) is 4.47. The monoisotopic (exact) mass is 278 g/mol. The minimum absolute atomic E-state index is 0.188. The van der Waals surface area contributed by atoms with E-state index in [9.17, 15) is 9.18 Å². The van der Waals surface area contributed by atoms with Gasteiger partial charge in [0.15, 0.2) is 0 Å². The molecule has 4 heteroatoms. The van der Waals surface area contributed by atoms with Crippen LogP contribution in [0.25, 0.3) is 11.1 Å². The number of carboxylic acids is 1. The maximum Gasteiger partial charge on any atom is 0.335 e. The lowest BCUT2D eigenvalue weighted by molar-refractivity contribution is 0.0697. The van der Waals surface area contributed by atoms with Crippen LogP contribution in [0.4, 0.5) is 4.39 Å². The number of hydrogen-bond acceptors (Lipinski definition) is 1. The van der Waals surface area contributed by atoms with Crippen molar-refractivity contribution in [2.75, 3.05) is 0 Å². The van der Waals surface area contributed by atoms with Crippen molar-refractivity contribution in [1.29, 1.82) is 0 Å². The predicted octanol–water partition coefficient (Wildman–Crippen LogP) is 4.46. The zero-order valence-electron chi connectivity index (χ0n) is 10.5. The highest BCUT2D eigenvalue weighted by molar-refractivity contribution is 6.33. The zero-order valence-corrected chi connectivity index (χ0v) is 11.3. The van der Waals surface area contributed by atoms with E-state index in [4.69, 9.17) is 16.7 Å². The Balaban J connectivity index is 2.65. The van der Waals surface area contributed by atoms with Gasteiger partial charge in [-0.3, -0.25) is 0 Å². The van der Waals surface area contributed by atoms with Crippen molar-refractivity contribution in [2.45, 2.75) is 13.8 Å². The second-order valence-corrected chi connectivity index (χ2v) is 4.88. The Labute approximate surface area is 115 Å². The lowest BCUT2D eigenvalue weighted by atomic mass is 9.98. The molecule has 0 heterocycles. The molecule has 0 amide bonds. The number of carboxylic acid groups (broad SMARTS) is 1. The number of rotatable bonds is 2. The van der Waals surface area contributed by atoms with Crippen LogP contribution >= 0.6 is 11.6 Å². The number of carbonyl (C=O) groups is 1. The minimum Gasteiger partial charge on any atom is -0.478 e. The third-order valence-electron chi connectivity index (χ3n) is 2.88. The van der Waals surface area contributed by atoms with E-state index < -0.39 is 5.97 Å². The molecule has 0 atom stereocenters. The summed E-state index contributed by atoms with van der Waals surface area (Å²) in [5.74, 6) is -1.38. The van der Waals surface area contributed by atoms with E-state index in [0.717, 1.165) is 5.56 Å². The first-order valence-electron chi connectivity index (χ1n) is 5.69. The standard InChI is InChI=1S/C15H12ClFO2/c1-8-3-10(6-11(4-8)15(18)19)12-5-9(2)14(17)7-13(12)16/h3-7H,1-2H3,(H,18,19). The summed E-state index contributed by atoms with van der Waals surface area (Å²) in [6.07, 6.45) is 0. The number of aromatic carboxylic acids is 1. The number of hydrogen-bond donors (Lipinski definition) is 1.